The molecule has 1 fully saturated rings. The minimum absolute atomic E-state index is 0.163. The van der Waals surface area contributed by atoms with E-state index in [2.05, 4.69) is 0 Å². The Hall–Kier alpha value is -0.370. The normalized spacial score (nSPS) is 29.3. The third kappa shape index (κ3) is 4.79. The van der Waals surface area contributed by atoms with Crippen molar-refractivity contribution >= 4 is 0 Å². The minimum atomic E-state index is -4.57. The minimum Gasteiger partial charge on any atom is -0.382 e. The molecule has 0 aliphatic carbocycles. The SMILES string of the molecule is COC[C@@H]1CN(C[C@@H](O)C(F)(F)F)C[C@@H](C)O1. The molecule has 3 atom stereocenters. The number of β-amino-alcohol motifs (C(OH)–C–C–N with tert-alkyl or cyclic N) is 1. The fourth-order valence-electron chi connectivity index (χ4n) is 1.92. The summed E-state index contributed by atoms with van der Waals surface area (Å²) in [7, 11) is 1.51. The van der Waals surface area contributed by atoms with Crippen LogP contribution in [0.4, 0.5) is 13.2 Å². The highest BCUT2D eigenvalue weighted by molar-refractivity contribution is 4.79. The number of aliphatic hydroxyl groups excluding tert-OH is 1. The van der Waals surface area contributed by atoms with Crippen molar-refractivity contribution in [1.82, 2.24) is 4.90 Å². The van der Waals surface area contributed by atoms with Gasteiger partial charge in [-0.2, -0.15) is 13.2 Å². The van der Waals surface area contributed by atoms with Crippen molar-refractivity contribution in [2.45, 2.75) is 31.4 Å². The molecular weight excluding hydrogens is 239 g/mol. The summed E-state index contributed by atoms with van der Waals surface area (Å²) in [6.45, 7) is 2.42. The van der Waals surface area contributed by atoms with Gasteiger partial charge in [0.15, 0.2) is 6.10 Å². The highest BCUT2D eigenvalue weighted by atomic mass is 19.4. The Labute approximate surface area is 98.3 Å². The van der Waals surface area contributed by atoms with Gasteiger partial charge in [-0.3, -0.25) is 4.90 Å². The van der Waals surface area contributed by atoms with Crippen molar-refractivity contribution in [2.24, 2.45) is 0 Å². The van der Waals surface area contributed by atoms with E-state index in [9.17, 15) is 13.2 Å². The summed E-state index contributed by atoms with van der Waals surface area (Å²) in [4.78, 5) is 1.55. The fraction of sp³-hybridized carbons (Fsp3) is 1.00. The first-order valence-corrected chi connectivity index (χ1v) is 5.44. The molecule has 102 valence electrons. The lowest BCUT2D eigenvalue weighted by atomic mass is 10.2. The second kappa shape index (κ2) is 5.99. The maximum absolute atomic E-state index is 12.2. The Bertz CT molecular complexity index is 237. The lowest BCUT2D eigenvalue weighted by Gasteiger charge is -2.37. The summed E-state index contributed by atoms with van der Waals surface area (Å²) in [5, 5.41) is 9.00. The molecule has 0 aromatic carbocycles. The molecule has 17 heavy (non-hydrogen) atoms. The summed E-state index contributed by atoms with van der Waals surface area (Å²) in [6, 6.07) is 0. The molecule has 7 heteroatoms. The van der Waals surface area contributed by atoms with Gasteiger partial charge in [0.2, 0.25) is 0 Å². The molecule has 0 bridgehead atoms. The second-order valence-electron chi connectivity index (χ2n) is 4.30. The van der Waals surface area contributed by atoms with Crippen LogP contribution in [0, 0.1) is 0 Å². The summed E-state index contributed by atoms with van der Waals surface area (Å²) in [5.41, 5.74) is 0. The van der Waals surface area contributed by atoms with Crippen LogP contribution in [0.1, 0.15) is 6.92 Å². The maximum atomic E-state index is 12.2. The highest BCUT2D eigenvalue weighted by Crippen LogP contribution is 2.22. The Morgan fingerprint density at radius 3 is 2.65 bits per heavy atom. The molecule has 1 aliphatic heterocycles. The zero-order chi connectivity index (χ0) is 13.1. The summed E-state index contributed by atoms with van der Waals surface area (Å²) in [5.74, 6) is 0. The number of rotatable bonds is 4. The summed E-state index contributed by atoms with van der Waals surface area (Å²) < 4.78 is 47.1. The average molecular weight is 257 g/mol. The van der Waals surface area contributed by atoms with E-state index >= 15 is 0 Å². The zero-order valence-corrected chi connectivity index (χ0v) is 9.91. The second-order valence-corrected chi connectivity index (χ2v) is 4.30. The Morgan fingerprint density at radius 2 is 2.12 bits per heavy atom. The topological polar surface area (TPSA) is 41.9 Å². The van der Waals surface area contributed by atoms with Gasteiger partial charge in [-0.1, -0.05) is 0 Å². The standard InChI is InChI=1S/C10H18F3NO3/c1-7-3-14(4-8(17-7)6-16-2)5-9(15)10(11,12)13/h7-9,15H,3-6H2,1-2H3/t7-,8+,9-/m1/s1. The number of morpholine rings is 1. The molecule has 0 saturated carbocycles. The highest BCUT2D eigenvalue weighted by Gasteiger charge is 2.40. The van der Waals surface area contributed by atoms with Gasteiger partial charge in [0.05, 0.1) is 18.8 Å². The quantitative estimate of drug-likeness (QED) is 0.802. The van der Waals surface area contributed by atoms with Crippen LogP contribution in [0.3, 0.4) is 0 Å². The number of hydrogen-bond acceptors (Lipinski definition) is 4. The van der Waals surface area contributed by atoms with E-state index in [4.69, 9.17) is 14.6 Å². The maximum Gasteiger partial charge on any atom is 0.415 e. The van der Waals surface area contributed by atoms with E-state index in [1.54, 1.807) is 11.8 Å². The first-order valence-electron chi connectivity index (χ1n) is 5.44. The summed E-state index contributed by atoms with van der Waals surface area (Å²) in [6.07, 6.45) is -7.29. The van der Waals surface area contributed by atoms with Crippen molar-refractivity contribution in [3.63, 3.8) is 0 Å². The van der Waals surface area contributed by atoms with Crippen molar-refractivity contribution in [3.8, 4) is 0 Å². The smallest absolute Gasteiger partial charge is 0.382 e. The molecular formula is C10H18F3NO3. The lowest BCUT2D eigenvalue weighted by molar-refractivity contribution is -0.213. The molecule has 1 N–H and O–H groups in total. The third-order valence-electron chi connectivity index (χ3n) is 2.56. The average Bonchev–Trinajstić information content (AvgIpc) is 2.15. The van der Waals surface area contributed by atoms with Crippen molar-refractivity contribution in [1.29, 1.82) is 0 Å². The van der Waals surface area contributed by atoms with Crippen LogP contribution in [0.15, 0.2) is 0 Å². The zero-order valence-electron chi connectivity index (χ0n) is 9.91. The van der Waals surface area contributed by atoms with E-state index in [1.165, 1.54) is 7.11 Å². The van der Waals surface area contributed by atoms with Crippen LogP contribution in [0.25, 0.3) is 0 Å². The molecule has 0 aromatic rings. The van der Waals surface area contributed by atoms with Crippen molar-refractivity contribution in [3.05, 3.63) is 0 Å². The number of methoxy groups -OCH3 is 1. The predicted molar refractivity (Wildman–Crippen MR) is 54.7 cm³/mol. The van der Waals surface area contributed by atoms with Gasteiger partial charge in [0.25, 0.3) is 0 Å². The van der Waals surface area contributed by atoms with E-state index in [1.807, 2.05) is 0 Å². The van der Waals surface area contributed by atoms with E-state index in [0.29, 0.717) is 19.7 Å². The van der Waals surface area contributed by atoms with Crippen LogP contribution < -0.4 is 0 Å². The monoisotopic (exact) mass is 257 g/mol. The van der Waals surface area contributed by atoms with E-state index in [0.717, 1.165) is 0 Å². The molecule has 1 saturated heterocycles. The molecule has 1 aliphatic rings. The van der Waals surface area contributed by atoms with Gasteiger partial charge in [0.1, 0.15) is 0 Å². The van der Waals surface area contributed by atoms with Crippen LogP contribution in [-0.2, 0) is 9.47 Å². The van der Waals surface area contributed by atoms with Gasteiger partial charge in [0, 0.05) is 26.7 Å². The predicted octanol–water partition coefficient (Wildman–Crippen LogP) is 0.645. The van der Waals surface area contributed by atoms with Crippen LogP contribution in [-0.4, -0.2) is 67.8 Å². The van der Waals surface area contributed by atoms with Gasteiger partial charge in [-0.15, -0.1) is 0 Å². The van der Waals surface area contributed by atoms with Crippen molar-refractivity contribution in [2.75, 3.05) is 33.4 Å². The lowest BCUT2D eigenvalue weighted by Crippen LogP contribution is -2.52. The molecule has 4 nitrogen and oxygen atoms in total. The molecule has 0 radical (unpaired) electrons. The van der Waals surface area contributed by atoms with Crippen LogP contribution >= 0.6 is 0 Å². The molecule has 0 amide bonds. The third-order valence-corrected chi connectivity index (χ3v) is 2.56. The summed E-state index contributed by atoms with van der Waals surface area (Å²) >= 11 is 0. The molecule has 1 rings (SSSR count). The first-order chi connectivity index (χ1) is 7.82. The number of aliphatic hydroxyl groups is 1. The number of halogens is 3. The number of ether oxygens (including phenoxy) is 2. The van der Waals surface area contributed by atoms with Gasteiger partial charge >= 0.3 is 6.18 Å². The molecule has 0 aromatic heterocycles. The van der Waals surface area contributed by atoms with Gasteiger partial charge in [-0.05, 0) is 6.92 Å². The number of nitrogens with zero attached hydrogens (tertiary/aromatic N) is 1. The van der Waals surface area contributed by atoms with Crippen LogP contribution in [0.2, 0.25) is 0 Å². The van der Waals surface area contributed by atoms with Crippen LogP contribution in [0.5, 0.6) is 0 Å². The molecule has 0 unspecified atom stereocenters. The van der Waals surface area contributed by atoms with Gasteiger partial charge in [-0.25, -0.2) is 0 Å². The number of alkyl halides is 3. The number of hydrogen-bond donors (Lipinski definition) is 1. The largest absolute Gasteiger partial charge is 0.415 e. The van der Waals surface area contributed by atoms with E-state index < -0.39 is 18.8 Å². The Morgan fingerprint density at radius 1 is 1.47 bits per heavy atom. The fourth-order valence-corrected chi connectivity index (χ4v) is 1.92. The Balaban J connectivity index is 2.47. The Kier molecular flexibility index (Phi) is 5.18. The first kappa shape index (κ1) is 14.7. The van der Waals surface area contributed by atoms with E-state index in [-0.39, 0.29) is 12.2 Å². The van der Waals surface area contributed by atoms with Crippen molar-refractivity contribution < 1.29 is 27.8 Å². The molecule has 0 spiro atoms. The van der Waals surface area contributed by atoms with Gasteiger partial charge < -0.3 is 14.6 Å². The molecule has 1 heterocycles.